The van der Waals surface area contributed by atoms with Crippen LogP contribution in [0.2, 0.25) is 0 Å². The van der Waals surface area contributed by atoms with Crippen LogP contribution in [-0.4, -0.2) is 13.0 Å². The molecule has 0 heterocycles. The molecule has 0 aromatic heterocycles. The predicted molar refractivity (Wildman–Crippen MR) is 52.3 cm³/mol. The van der Waals surface area contributed by atoms with Gasteiger partial charge in [0.25, 0.3) is 6.43 Å². The molecule has 0 N–H and O–H groups in total. The van der Waals surface area contributed by atoms with Gasteiger partial charge >= 0.3 is 6.18 Å². The lowest BCUT2D eigenvalue weighted by molar-refractivity contribution is -0.137. The molecule has 0 aliphatic heterocycles. The average Bonchev–Trinajstić information content (AvgIpc) is 2.24. The fraction of sp³-hybridized carbons (Fsp3) is 0.455. The van der Waals surface area contributed by atoms with E-state index in [1.165, 1.54) is 6.07 Å². The van der Waals surface area contributed by atoms with Gasteiger partial charge in [-0.3, -0.25) is 0 Å². The van der Waals surface area contributed by atoms with E-state index in [4.69, 9.17) is 0 Å². The first-order valence-corrected chi connectivity index (χ1v) is 4.95. The zero-order valence-corrected chi connectivity index (χ0v) is 9.02. The number of ether oxygens (including phenoxy) is 1. The van der Waals surface area contributed by atoms with Gasteiger partial charge in [0.1, 0.15) is 12.4 Å². The van der Waals surface area contributed by atoms with E-state index in [9.17, 15) is 22.0 Å². The lowest BCUT2D eigenvalue weighted by Gasteiger charge is -2.12. The number of aryl methyl sites for hydroxylation is 1. The zero-order valence-electron chi connectivity index (χ0n) is 9.02. The van der Waals surface area contributed by atoms with E-state index in [2.05, 4.69) is 4.74 Å². The molecule has 0 atom stereocenters. The minimum absolute atomic E-state index is 0.183. The number of halogens is 5. The Morgan fingerprint density at radius 1 is 1.18 bits per heavy atom. The summed E-state index contributed by atoms with van der Waals surface area (Å²) in [6.07, 6.45) is -6.85. The maximum atomic E-state index is 12.5. The molecule has 0 fully saturated rings. The second kappa shape index (κ2) is 5.33. The number of hydrogen-bond acceptors (Lipinski definition) is 1. The Labute approximate surface area is 95.2 Å². The highest BCUT2D eigenvalue weighted by Crippen LogP contribution is 2.32. The molecule has 0 amide bonds. The van der Waals surface area contributed by atoms with Gasteiger partial charge in [0.15, 0.2) is 0 Å². The molecule has 1 rings (SSSR count). The van der Waals surface area contributed by atoms with Crippen molar-refractivity contribution < 1.29 is 26.7 Å². The molecule has 1 aromatic carbocycles. The summed E-state index contributed by atoms with van der Waals surface area (Å²) >= 11 is 0. The largest absolute Gasteiger partial charge is 0.488 e. The summed E-state index contributed by atoms with van der Waals surface area (Å²) in [7, 11) is 0. The van der Waals surface area contributed by atoms with Crippen molar-refractivity contribution >= 4 is 0 Å². The van der Waals surface area contributed by atoms with E-state index in [-0.39, 0.29) is 5.75 Å². The summed E-state index contributed by atoms with van der Waals surface area (Å²) in [5.74, 6) is -0.183. The summed E-state index contributed by atoms with van der Waals surface area (Å²) < 4.78 is 65.8. The Bertz CT molecular complexity index is 373. The minimum Gasteiger partial charge on any atom is -0.488 e. The van der Waals surface area contributed by atoms with Gasteiger partial charge in [-0.25, -0.2) is 8.78 Å². The van der Waals surface area contributed by atoms with Gasteiger partial charge in [0, 0.05) is 0 Å². The summed E-state index contributed by atoms with van der Waals surface area (Å²) in [5.41, 5.74) is -0.495. The fourth-order valence-electron chi connectivity index (χ4n) is 1.27. The average molecular weight is 254 g/mol. The van der Waals surface area contributed by atoms with Crippen molar-refractivity contribution in [2.75, 3.05) is 6.61 Å². The van der Waals surface area contributed by atoms with E-state index >= 15 is 0 Å². The van der Waals surface area contributed by atoms with Crippen LogP contribution in [0.1, 0.15) is 18.1 Å². The molecular formula is C11H11F5O. The van der Waals surface area contributed by atoms with E-state index in [0.717, 1.165) is 12.1 Å². The van der Waals surface area contributed by atoms with Gasteiger partial charge in [0.05, 0.1) is 5.56 Å². The van der Waals surface area contributed by atoms with Crippen LogP contribution in [-0.2, 0) is 12.6 Å². The van der Waals surface area contributed by atoms with Gasteiger partial charge in [-0.2, -0.15) is 13.2 Å². The van der Waals surface area contributed by atoms with E-state index in [0.29, 0.717) is 12.0 Å². The Balaban J connectivity index is 2.97. The molecule has 0 saturated heterocycles. The second-order valence-corrected chi connectivity index (χ2v) is 3.42. The maximum Gasteiger partial charge on any atom is 0.416 e. The normalized spacial score (nSPS) is 11.9. The molecule has 0 unspecified atom stereocenters. The third-order valence-electron chi connectivity index (χ3n) is 2.08. The van der Waals surface area contributed by atoms with Crippen molar-refractivity contribution in [2.45, 2.75) is 25.9 Å². The van der Waals surface area contributed by atoms with Crippen LogP contribution in [0.4, 0.5) is 22.0 Å². The summed E-state index contributed by atoms with van der Waals surface area (Å²) in [4.78, 5) is 0. The molecule has 0 saturated carbocycles. The number of benzene rings is 1. The maximum absolute atomic E-state index is 12.5. The molecule has 1 aromatic rings. The van der Waals surface area contributed by atoms with E-state index in [1.54, 1.807) is 6.92 Å². The Hall–Kier alpha value is -1.33. The molecule has 1 nitrogen and oxygen atoms in total. The van der Waals surface area contributed by atoms with Crippen molar-refractivity contribution in [3.05, 3.63) is 29.3 Å². The second-order valence-electron chi connectivity index (χ2n) is 3.42. The van der Waals surface area contributed by atoms with Gasteiger partial charge in [0.2, 0.25) is 0 Å². The first-order chi connectivity index (χ1) is 7.82. The van der Waals surface area contributed by atoms with Crippen LogP contribution in [0.3, 0.4) is 0 Å². The molecule has 0 radical (unpaired) electrons. The van der Waals surface area contributed by atoms with Crippen molar-refractivity contribution in [1.82, 2.24) is 0 Å². The third kappa shape index (κ3) is 4.20. The van der Waals surface area contributed by atoms with Crippen molar-refractivity contribution in [3.8, 4) is 5.75 Å². The van der Waals surface area contributed by atoms with Crippen molar-refractivity contribution in [3.63, 3.8) is 0 Å². The van der Waals surface area contributed by atoms with Crippen LogP contribution in [0.25, 0.3) is 0 Å². The Kier molecular flexibility index (Phi) is 4.31. The highest BCUT2D eigenvalue weighted by Gasteiger charge is 2.31. The first-order valence-electron chi connectivity index (χ1n) is 4.95. The van der Waals surface area contributed by atoms with Gasteiger partial charge in [-0.15, -0.1) is 0 Å². The van der Waals surface area contributed by atoms with Gasteiger partial charge in [-0.05, 0) is 30.2 Å². The van der Waals surface area contributed by atoms with Crippen LogP contribution >= 0.6 is 0 Å². The van der Waals surface area contributed by atoms with Crippen LogP contribution in [0, 0.1) is 0 Å². The summed E-state index contributed by atoms with van der Waals surface area (Å²) in [6.45, 7) is 0.761. The van der Waals surface area contributed by atoms with Gasteiger partial charge < -0.3 is 4.74 Å². The Morgan fingerprint density at radius 2 is 1.82 bits per heavy atom. The highest BCUT2D eigenvalue weighted by atomic mass is 19.4. The number of alkyl halides is 5. The van der Waals surface area contributed by atoms with Crippen molar-refractivity contribution in [2.24, 2.45) is 0 Å². The zero-order chi connectivity index (χ0) is 13.1. The smallest absolute Gasteiger partial charge is 0.416 e. The molecule has 17 heavy (non-hydrogen) atoms. The van der Waals surface area contributed by atoms with Gasteiger partial charge in [-0.1, -0.05) is 6.92 Å². The lowest BCUT2D eigenvalue weighted by atomic mass is 10.1. The third-order valence-corrected chi connectivity index (χ3v) is 2.08. The standard InChI is InChI=1S/C11H11F5O/c1-2-7-3-8(11(14,15)16)5-9(4-7)17-6-10(12)13/h3-5,10H,2,6H2,1H3. The lowest BCUT2D eigenvalue weighted by Crippen LogP contribution is -2.10. The quantitative estimate of drug-likeness (QED) is 0.740. The van der Waals surface area contributed by atoms with Crippen LogP contribution in [0.5, 0.6) is 5.75 Å². The molecule has 6 heteroatoms. The fourth-order valence-corrected chi connectivity index (χ4v) is 1.27. The predicted octanol–water partition coefficient (Wildman–Crippen LogP) is 3.91. The molecular weight excluding hydrogens is 243 g/mol. The Morgan fingerprint density at radius 3 is 2.29 bits per heavy atom. The first kappa shape index (κ1) is 13.7. The monoisotopic (exact) mass is 254 g/mol. The van der Waals surface area contributed by atoms with Crippen molar-refractivity contribution in [1.29, 1.82) is 0 Å². The summed E-state index contributed by atoms with van der Waals surface area (Å²) in [6, 6.07) is 3.04. The molecule has 0 bridgehead atoms. The molecule has 0 aliphatic rings. The number of rotatable bonds is 4. The minimum atomic E-state index is -4.51. The topological polar surface area (TPSA) is 9.23 Å². The molecule has 0 spiro atoms. The SMILES string of the molecule is CCc1cc(OCC(F)F)cc(C(F)(F)F)c1. The molecule has 0 aliphatic carbocycles. The molecule has 96 valence electrons. The summed E-state index contributed by atoms with van der Waals surface area (Å²) in [5, 5.41) is 0. The van der Waals surface area contributed by atoms with Crippen LogP contribution < -0.4 is 4.74 Å². The van der Waals surface area contributed by atoms with E-state index in [1.807, 2.05) is 0 Å². The van der Waals surface area contributed by atoms with E-state index < -0.39 is 24.8 Å². The highest BCUT2D eigenvalue weighted by molar-refractivity contribution is 5.36. The number of hydrogen-bond donors (Lipinski definition) is 0. The van der Waals surface area contributed by atoms with Crippen LogP contribution in [0.15, 0.2) is 18.2 Å².